The Kier molecular flexibility index (Phi) is 6.65. The highest BCUT2D eigenvalue weighted by molar-refractivity contribution is 5.72. The Morgan fingerprint density at radius 1 is 1.08 bits per heavy atom. The second kappa shape index (κ2) is 6.93. The molecule has 0 heterocycles. The van der Waals surface area contributed by atoms with Crippen molar-refractivity contribution in [2.45, 2.75) is 47.0 Å². The van der Waals surface area contributed by atoms with E-state index < -0.39 is 0 Å². The Balaban J connectivity index is 4.20. The normalized spacial score (nSPS) is 13.0. The third kappa shape index (κ3) is 3.79. The SMILES string of the molecule is CCOC(=O)[C@H](CC)C(CC)CC. The van der Waals surface area contributed by atoms with Gasteiger partial charge in [-0.25, -0.2) is 0 Å². The van der Waals surface area contributed by atoms with Crippen LogP contribution in [0.1, 0.15) is 47.0 Å². The molecule has 2 heteroatoms. The summed E-state index contributed by atoms with van der Waals surface area (Å²) in [6, 6.07) is 0. The summed E-state index contributed by atoms with van der Waals surface area (Å²) >= 11 is 0. The molecule has 0 saturated carbocycles. The van der Waals surface area contributed by atoms with Crippen LogP contribution in [0, 0.1) is 11.8 Å². The van der Waals surface area contributed by atoms with E-state index in [2.05, 4.69) is 20.8 Å². The second-order valence-corrected chi connectivity index (χ2v) is 3.34. The molecule has 0 amide bonds. The lowest BCUT2D eigenvalue weighted by atomic mass is 9.86. The molecule has 13 heavy (non-hydrogen) atoms. The van der Waals surface area contributed by atoms with Gasteiger partial charge in [-0.3, -0.25) is 4.79 Å². The van der Waals surface area contributed by atoms with Crippen LogP contribution in [0.15, 0.2) is 0 Å². The number of hydrogen-bond acceptors (Lipinski definition) is 2. The summed E-state index contributed by atoms with van der Waals surface area (Å²) in [5, 5.41) is 0. The predicted octanol–water partition coefficient (Wildman–Crippen LogP) is 3.01. The lowest BCUT2D eigenvalue weighted by Gasteiger charge is -2.21. The molecule has 0 bridgehead atoms. The number of carbonyl (C=O) groups is 1. The standard InChI is InChI=1S/C11H22O2/c1-5-9(6-2)10(7-3)11(12)13-8-4/h9-10H,5-8H2,1-4H3/t10-/m1/s1. The molecule has 0 aliphatic carbocycles. The van der Waals surface area contributed by atoms with E-state index in [1.165, 1.54) is 0 Å². The van der Waals surface area contributed by atoms with Crippen LogP contribution >= 0.6 is 0 Å². The molecule has 0 aliphatic heterocycles. The van der Waals surface area contributed by atoms with Crippen molar-refractivity contribution in [2.24, 2.45) is 11.8 Å². The minimum Gasteiger partial charge on any atom is -0.466 e. The Morgan fingerprint density at radius 3 is 1.92 bits per heavy atom. The van der Waals surface area contributed by atoms with E-state index >= 15 is 0 Å². The van der Waals surface area contributed by atoms with Crippen molar-refractivity contribution < 1.29 is 9.53 Å². The second-order valence-electron chi connectivity index (χ2n) is 3.34. The van der Waals surface area contributed by atoms with E-state index in [4.69, 9.17) is 4.74 Å². The molecule has 0 radical (unpaired) electrons. The smallest absolute Gasteiger partial charge is 0.309 e. The van der Waals surface area contributed by atoms with Gasteiger partial charge in [0, 0.05) is 0 Å². The van der Waals surface area contributed by atoms with Crippen LogP contribution in [0.4, 0.5) is 0 Å². The molecule has 2 nitrogen and oxygen atoms in total. The summed E-state index contributed by atoms with van der Waals surface area (Å²) in [6.45, 7) is 8.68. The summed E-state index contributed by atoms with van der Waals surface area (Å²) in [5.41, 5.74) is 0. The monoisotopic (exact) mass is 186 g/mol. The van der Waals surface area contributed by atoms with Crippen molar-refractivity contribution in [1.29, 1.82) is 0 Å². The molecule has 0 N–H and O–H groups in total. The lowest BCUT2D eigenvalue weighted by molar-refractivity contribution is -0.150. The highest BCUT2D eigenvalue weighted by atomic mass is 16.5. The van der Waals surface area contributed by atoms with Crippen molar-refractivity contribution >= 4 is 5.97 Å². The molecule has 0 saturated heterocycles. The number of carbonyl (C=O) groups excluding carboxylic acids is 1. The summed E-state index contributed by atoms with van der Waals surface area (Å²) in [7, 11) is 0. The third-order valence-electron chi connectivity index (χ3n) is 2.65. The third-order valence-corrected chi connectivity index (χ3v) is 2.65. The van der Waals surface area contributed by atoms with E-state index in [9.17, 15) is 4.79 Å². The predicted molar refractivity (Wildman–Crippen MR) is 54.5 cm³/mol. The van der Waals surface area contributed by atoms with E-state index in [1.807, 2.05) is 6.92 Å². The molecule has 1 atom stereocenters. The van der Waals surface area contributed by atoms with Gasteiger partial charge in [0.15, 0.2) is 0 Å². The maximum atomic E-state index is 11.5. The quantitative estimate of drug-likeness (QED) is 0.596. The number of rotatable bonds is 6. The van der Waals surface area contributed by atoms with Crippen LogP contribution in [0.25, 0.3) is 0 Å². The van der Waals surface area contributed by atoms with Gasteiger partial charge < -0.3 is 4.74 Å². The van der Waals surface area contributed by atoms with Crippen molar-refractivity contribution in [3.8, 4) is 0 Å². The van der Waals surface area contributed by atoms with Gasteiger partial charge in [0.1, 0.15) is 0 Å². The first-order valence-corrected chi connectivity index (χ1v) is 5.37. The topological polar surface area (TPSA) is 26.3 Å². The van der Waals surface area contributed by atoms with Gasteiger partial charge in [0.05, 0.1) is 12.5 Å². The van der Waals surface area contributed by atoms with Gasteiger partial charge in [-0.2, -0.15) is 0 Å². The zero-order valence-electron chi connectivity index (χ0n) is 9.30. The van der Waals surface area contributed by atoms with Gasteiger partial charge in [0.2, 0.25) is 0 Å². The Hall–Kier alpha value is -0.530. The van der Waals surface area contributed by atoms with Crippen LogP contribution in [0.2, 0.25) is 0 Å². The number of hydrogen-bond donors (Lipinski definition) is 0. The molecule has 0 aromatic carbocycles. The van der Waals surface area contributed by atoms with Gasteiger partial charge in [0.25, 0.3) is 0 Å². The van der Waals surface area contributed by atoms with Gasteiger partial charge in [-0.1, -0.05) is 33.6 Å². The van der Waals surface area contributed by atoms with Crippen LogP contribution < -0.4 is 0 Å². The molecule has 78 valence electrons. The Bertz CT molecular complexity index is 139. The van der Waals surface area contributed by atoms with Crippen LogP contribution in [0.5, 0.6) is 0 Å². The first-order valence-electron chi connectivity index (χ1n) is 5.37. The first kappa shape index (κ1) is 12.5. The number of esters is 1. The van der Waals surface area contributed by atoms with E-state index in [0.717, 1.165) is 19.3 Å². The Morgan fingerprint density at radius 2 is 1.62 bits per heavy atom. The van der Waals surface area contributed by atoms with Crippen molar-refractivity contribution in [3.63, 3.8) is 0 Å². The first-order chi connectivity index (χ1) is 6.21. The fraction of sp³-hybridized carbons (Fsp3) is 0.909. The highest BCUT2D eigenvalue weighted by Gasteiger charge is 2.24. The summed E-state index contributed by atoms with van der Waals surface area (Å²) in [4.78, 5) is 11.5. The molecule has 0 aliphatic rings. The molecule has 0 spiro atoms. The minimum absolute atomic E-state index is 0.0151. The minimum atomic E-state index is -0.0151. The molecule has 0 rings (SSSR count). The van der Waals surface area contributed by atoms with E-state index in [0.29, 0.717) is 12.5 Å². The summed E-state index contributed by atoms with van der Waals surface area (Å²) in [5.74, 6) is 0.581. The van der Waals surface area contributed by atoms with Gasteiger partial charge >= 0.3 is 5.97 Å². The largest absolute Gasteiger partial charge is 0.466 e. The average Bonchev–Trinajstić information content (AvgIpc) is 2.14. The fourth-order valence-electron chi connectivity index (χ4n) is 1.80. The van der Waals surface area contributed by atoms with Crippen LogP contribution in [-0.4, -0.2) is 12.6 Å². The van der Waals surface area contributed by atoms with Crippen molar-refractivity contribution in [3.05, 3.63) is 0 Å². The highest BCUT2D eigenvalue weighted by Crippen LogP contribution is 2.23. The van der Waals surface area contributed by atoms with Gasteiger partial charge in [-0.15, -0.1) is 0 Å². The lowest BCUT2D eigenvalue weighted by Crippen LogP contribution is -2.24. The summed E-state index contributed by atoms with van der Waals surface area (Å²) < 4.78 is 5.04. The van der Waals surface area contributed by atoms with Gasteiger partial charge in [-0.05, 0) is 19.3 Å². The molecular formula is C11H22O2. The van der Waals surface area contributed by atoms with Crippen molar-refractivity contribution in [1.82, 2.24) is 0 Å². The average molecular weight is 186 g/mol. The molecule has 0 fully saturated rings. The summed E-state index contributed by atoms with van der Waals surface area (Å²) in [6.07, 6.45) is 3.02. The maximum Gasteiger partial charge on any atom is 0.309 e. The van der Waals surface area contributed by atoms with Crippen molar-refractivity contribution in [2.75, 3.05) is 6.61 Å². The fourth-order valence-corrected chi connectivity index (χ4v) is 1.80. The van der Waals surface area contributed by atoms with E-state index in [-0.39, 0.29) is 11.9 Å². The van der Waals surface area contributed by atoms with E-state index in [1.54, 1.807) is 0 Å². The molecule has 0 unspecified atom stereocenters. The molecule has 0 aromatic rings. The zero-order chi connectivity index (χ0) is 10.3. The van der Waals surface area contributed by atoms with Crippen LogP contribution in [-0.2, 0) is 9.53 Å². The molecular weight excluding hydrogens is 164 g/mol. The maximum absolute atomic E-state index is 11.5. The number of ether oxygens (including phenoxy) is 1. The Labute approximate surface area is 81.7 Å². The zero-order valence-corrected chi connectivity index (χ0v) is 9.30. The van der Waals surface area contributed by atoms with Crippen LogP contribution in [0.3, 0.4) is 0 Å². The molecule has 0 aromatic heterocycles.